The fraction of sp³-hybridized carbons (Fsp3) is 0.345. The van der Waals surface area contributed by atoms with Gasteiger partial charge in [0.15, 0.2) is 17.5 Å². The van der Waals surface area contributed by atoms with Gasteiger partial charge in [0.25, 0.3) is 0 Å². The normalized spacial score (nSPS) is 29.0. The van der Waals surface area contributed by atoms with E-state index in [0.29, 0.717) is 33.9 Å². The SMILES string of the molecule is N#Cc1ccc2ccc(-c3nc(-c4cccc(-c5ccc(C67CC8CC(CC(C8)C6)C7)cc5)c4)nc(-c4cccc(-c5ccc(C67CC8CC(CC(C8)C6)C7)cc5)c4)n3)cc2c1. The first kappa shape index (κ1) is 36.7. The maximum Gasteiger partial charge on any atom is 0.164 e. The quantitative estimate of drug-likeness (QED) is 0.161. The molecule has 15 rings (SSSR count). The van der Waals surface area contributed by atoms with Crippen LogP contribution in [0.3, 0.4) is 0 Å². The average molecular weight is 805 g/mol. The molecule has 8 aliphatic rings. The Bertz CT molecular complexity index is 2720. The minimum absolute atomic E-state index is 0.389. The Morgan fingerprint density at radius 2 is 0.742 bits per heavy atom. The van der Waals surface area contributed by atoms with Crippen molar-refractivity contribution in [3.63, 3.8) is 0 Å². The van der Waals surface area contributed by atoms with E-state index in [1.807, 2.05) is 18.2 Å². The lowest BCUT2D eigenvalue weighted by molar-refractivity contribution is -0.00530. The molecule has 7 aromatic rings. The highest BCUT2D eigenvalue weighted by atomic mass is 15.0. The van der Waals surface area contributed by atoms with E-state index in [1.165, 1.54) is 88.2 Å². The third-order valence-electron chi connectivity index (χ3n) is 16.8. The Kier molecular flexibility index (Phi) is 8.32. The van der Waals surface area contributed by atoms with Crippen LogP contribution in [0.2, 0.25) is 0 Å². The van der Waals surface area contributed by atoms with Crippen LogP contribution in [0.15, 0.2) is 133 Å². The predicted octanol–water partition coefficient (Wildman–Crippen LogP) is 14.2. The van der Waals surface area contributed by atoms with E-state index in [-0.39, 0.29) is 0 Å². The van der Waals surface area contributed by atoms with E-state index >= 15 is 0 Å². The van der Waals surface area contributed by atoms with E-state index in [2.05, 4.69) is 121 Å². The molecule has 4 heteroatoms. The van der Waals surface area contributed by atoms with E-state index in [9.17, 15) is 5.26 Å². The highest BCUT2D eigenvalue weighted by molar-refractivity contribution is 5.88. The Morgan fingerprint density at radius 3 is 1.16 bits per heavy atom. The average Bonchev–Trinajstić information content (AvgIpc) is 3.30. The number of nitriles is 1. The highest BCUT2D eigenvalue weighted by Gasteiger charge is 2.52. The summed E-state index contributed by atoms with van der Waals surface area (Å²) in [6.07, 6.45) is 17.1. The summed E-state index contributed by atoms with van der Waals surface area (Å²) in [5.74, 6) is 7.50. The van der Waals surface area contributed by atoms with Crippen molar-refractivity contribution in [1.82, 2.24) is 15.0 Å². The molecule has 0 unspecified atom stereocenters. The van der Waals surface area contributed by atoms with Gasteiger partial charge in [-0.1, -0.05) is 103 Å². The van der Waals surface area contributed by atoms with Crippen LogP contribution >= 0.6 is 0 Å². The second-order valence-corrected chi connectivity index (χ2v) is 20.9. The van der Waals surface area contributed by atoms with Crippen LogP contribution in [-0.2, 0) is 10.8 Å². The Hall–Kier alpha value is -5.92. The molecular weight excluding hydrogens is 753 g/mol. The second-order valence-electron chi connectivity index (χ2n) is 20.9. The Balaban J connectivity index is 0.856. The molecule has 0 atom stereocenters. The van der Waals surface area contributed by atoms with Crippen molar-refractivity contribution >= 4 is 10.8 Å². The van der Waals surface area contributed by atoms with Gasteiger partial charge in [0.05, 0.1) is 11.6 Å². The van der Waals surface area contributed by atoms with Gasteiger partial charge in [-0.15, -0.1) is 0 Å². The number of hydrogen-bond acceptors (Lipinski definition) is 4. The molecule has 0 radical (unpaired) electrons. The molecule has 6 aromatic carbocycles. The number of rotatable bonds is 7. The van der Waals surface area contributed by atoms with Crippen LogP contribution in [0.4, 0.5) is 0 Å². The standard InChI is InChI=1S/C58H52N4/c59-35-36-7-8-45-9-10-50(28-51(45)25-36)56-61-54(48-5-1-3-46(26-48)43-11-15-52(16-12-43)57-29-37-19-38(30-57)21-39(20-37)31-57)60-55(62-56)49-6-2-4-47(27-49)44-13-17-53(18-14-44)58-32-40-22-41(33-58)24-42(23-40)34-58/h1-18,25-28,37-42H,19-24,29-34H2. The number of nitrogens with zero attached hydrogens (tertiary/aromatic N) is 4. The van der Waals surface area contributed by atoms with E-state index in [4.69, 9.17) is 15.0 Å². The zero-order valence-electron chi connectivity index (χ0n) is 35.4. The summed E-state index contributed by atoms with van der Waals surface area (Å²) in [4.78, 5) is 15.6. The smallest absolute Gasteiger partial charge is 0.164 e. The minimum Gasteiger partial charge on any atom is -0.208 e. The lowest BCUT2D eigenvalue weighted by atomic mass is 9.48. The molecule has 0 aliphatic heterocycles. The largest absolute Gasteiger partial charge is 0.208 e. The minimum atomic E-state index is 0.389. The molecule has 8 saturated carbocycles. The fourth-order valence-corrected chi connectivity index (χ4v) is 14.9. The van der Waals surface area contributed by atoms with Crippen LogP contribution in [0, 0.1) is 46.8 Å². The summed E-state index contributed by atoms with van der Waals surface area (Å²) < 4.78 is 0. The number of hydrogen-bond donors (Lipinski definition) is 0. The van der Waals surface area contributed by atoms with Crippen LogP contribution < -0.4 is 0 Å². The molecule has 8 aliphatic carbocycles. The molecular formula is C58H52N4. The van der Waals surface area contributed by atoms with Gasteiger partial charge in [-0.2, -0.15) is 5.26 Å². The van der Waals surface area contributed by atoms with Crippen molar-refractivity contribution in [3.05, 3.63) is 150 Å². The monoisotopic (exact) mass is 804 g/mol. The molecule has 1 aromatic heterocycles. The summed E-state index contributed by atoms with van der Waals surface area (Å²) in [7, 11) is 0. The van der Waals surface area contributed by atoms with E-state index < -0.39 is 0 Å². The Labute approximate surface area is 365 Å². The van der Waals surface area contributed by atoms with Gasteiger partial charge in [-0.3, -0.25) is 0 Å². The third kappa shape index (κ3) is 6.25. The van der Waals surface area contributed by atoms with Gasteiger partial charge in [-0.25, -0.2) is 15.0 Å². The van der Waals surface area contributed by atoms with Gasteiger partial charge in [0.1, 0.15) is 0 Å². The molecule has 0 spiro atoms. The van der Waals surface area contributed by atoms with Crippen molar-refractivity contribution in [3.8, 4) is 62.5 Å². The number of aromatic nitrogens is 3. The molecule has 4 nitrogen and oxygen atoms in total. The van der Waals surface area contributed by atoms with Crippen LogP contribution in [0.25, 0.3) is 67.2 Å². The summed E-state index contributed by atoms with van der Waals surface area (Å²) in [6.45, 7) is 0. The lowest BCUT2D eigenvalue weighted by Crippen LogP contribution is -2.48. The maximum atomic E-state index is 9.67. The first-order valence-electron chi connectivity index (χ1n) is 23.5. The van der Waals surface area contributed by atoms with Crippen molar-refractivity contribution in [2.24, 2.45) is 35.5 Å². The van der Waals surface area contributed by atoms with Crippen LogP contribution in [-0.4, -0.2) is 15.0 Å². The number of benzene rings is 6. The summed E-state index contributed by atoms with van der Waals surface area (Å²) in [5.41, 5.74) is 12.1. The van der Waals surface area contributed by atoms with E-state index in [1.54, 1.807) is 11.1 Å². The summed E-state index contributed by atoms with van der Waals surface area (Å²) in [6, 6.07) is 51.0. The van der Waals surface area contributed by atoms with Gasteiger partial charge in [0, 0.05) is 16.7 Å². The predicted molar refractivity (Wildman–Crippen MR) is 249 cm³/mol. The fourth-order valence-electron chi connectivity index (χ4n) is 14.9. The second kappa shape index (κ2) is 14.0. The first-order valence-corrected chi connectivity index (χ1v) is 23.5. The molecule has 1 heterocycles. The summed E-state index contributed by atoms with van der Waals surface area (Å²) >= 11 is 0. The van der Waals surface area contributed by atoms with Gasteiger partial charge in [-0.05, 0) is 198 Å². The molecule has 0 saturated heterocycles. The molecule has 0 amide bonds. The highest BCUT2D eigenvalue weighted by Crippen LogP contribution is 2.62. The van der Waals surface area contributed by atoms with E-state index in [0.717, 1.165) is 74.1 Å². The molecule has 62 heavy (non-hydrogen) atoms. The zero-order valence-corrected chi connectivity index (χ0v) is 35.4. The van der Waals surface area contributed by atoms with Crippen molar-refractivity contribution in [2.45, 2.75) is 87.9 Å². The van der Waals surface area contributed by atoms with Gasteiger partial charge >= 0.3 is 0 Å². The molecule has 8 fully saturated rings. The maximum absolute atomic E-state index is 9.67. The Morgan fingerprint density at radius 1 is 0.371 bits per heavy atom. The third-order valence-corrected chi connectivity index (χ3v) is 16.8. The molecule has 304 valence electrons. The van der Waals surface area contributed by atoms with Crippen LogP contribution in [0.5, 0.6) is 0 Å². The van der Waals surface area contributed by atoms with Crippen molar-refractivity contribution in [1.29, 1.82) is 5.26 Å². The topological polar surface area (TPSA) is 62.5 Å². The first-order chi connectivity index (χ1) is 30.4. The van der Waals surface area contributed by atoms with Crippen LogP contribution in [0.1, 0.15) is 93.7 Å². The summed E-state index contributed by atoms with van der Waals surface area (Å²) in [5, 5.41) is 11.7. The molecule has 0 N–H and O–H groups in total. The zero-order chi connectivity index (χ0) is 41.0. The van der Waals surface area contributed by atoms with Crippen molar-refractivity contribution < 1.29 is 0 Å². The van der Waals surface area contributed by atoms with Gasteiger partial charge < -0.3 is 0 Å². The molecule has 8 bridgehead atoms. The van der Waals surface area contributed by atoms with Crippen molar-refractivity contribution in [2.75, 3.05) is 0 Å². The number of fused-ring (bicyclic) bond motifs is 1. The lowest BCUT2D eigenvalue weighted by Gasteiger charge is -2.57. The van der Waals surface area contributed by atoms with Gasteiger partial charge in [0.2, 0.25) is 0 Å².